The van der Waals surface area contributed by atoms with E-state index in [1.54, 1.807) is 17.6 Å². The lowest BCUT2D eigenvalue weighted by atomic mass is 9.96. The first kappa shape index (κ1) is 15.1. The van der Waals surface area contributed by atoms with Crippen LogP contribution in [0.1, 0.15) is 29.9 Å². The van der Waals surface area contributed by atoms with Gasteiger partial charge in [0.15, 0.2) is 5.11 Å². The zero-order chi connectivity index (χ0) is 15.7. The molecule has 0 aliphatic carbocycles. The van der Waals surface area contributed by atoms with Crippen LogP contribution < -0.4 is 10.6 Å². The molecule has 0 spiro atoms. The summed E-state index contributed by atoms with van der Waals surface area (Å²) in [6.45, 7) is 3.67. The van der Waals surface area contributed by atoms with E-state index < -0.39 is 12.0 Å². The summed E-state index contributed by atoms with van der Waals surface area (Å²) in [5, 5.41) is 15.6. The third-order valence-corrected chi connectivity index (χ3v) is 3.89. The normalized spacial score (nSPS) is 17.9. The first-order chi connectivity index (χ1) is 9.90. The lowest BCUT2D eigenvalue weighted by Crippen LogP contribution is -2.45. The molecule has 0 saturated heterocycles. The molecule has 7 heteroatoms. The number of carbonyl (C=O) groups excluding carboxylic acids is 1. The van der Waals surface area contributed by atoms with Crippen molar-refractivity contribution < 1.29 is 9.53 Å². The van der Waals surface area contributed by atoms with E-state index in [4.69, 9.17) is 22.2 Å². The van der Waals surface area contributed by atoms with Crippen LogP contribution in [0.4, 0.5) is 0 Å². The third-order valence-electron chi connectivity index (χ3n) is 3.67. The Balaban J connectivity index is 2.60. The van der Waals surface area contributed by atoms with E-state index in [1.165, 1.54) is 7.11 Å². The molecule has 1 aliphatic heterocycles. The second-order valence-electron chi connectivity index (χ2n) is 4.80. The number of thiocarbonyl (C=S) groups is 1. The number of ether oxygens (including phenoxy) is 1. The van der Waals surface area contributed by atoms with E-state index in [9.17, 15) is 4.79 Å². The fourth-order valence-corrected chi connectivity index (χ4v) is 2.70. The first-order valence-electron chi connectivity index (χ1n) is 6.33. The average molecular weight is 304 g/mol. The number of carbonyl (C=O) groups is 1. The minimum atomic E-state index is -0.431. The number of hydrogen-bond acceptors (Lipinski definition) is 4. The molecule has 0 unspecified atom stereocenters. The van der Waals surface area contributed by atoms with E-state index in [2.05, 4.69) is 16.7 Å². The van der Waals surface area contributed by atoms with E-state index >= 15 is 0 Å². The molecule has 1 aromatic rings. The maximum absolute atomic E-state index is 12.1. The average Bonchev–Trinajstić information content (AvgIpc) is 2.73. The van der Waals surface area contributed by atoms with Gasteiger partial charge in [-0.25, -0.2) is 4.79 Å². The molecule has 0 aromatic carbocycles. The van der Waals surface area contributed by atoms with Gasteiger partial charge in [-0.1, -0.05) is 0 Å². The quantitative estimate of drug-likeness (QED) is 0.631. The van der Waals surface area contributed by atoms with Gasteiger partial charge in [-0.05, 0) is 32.1 Å². The molecule has 2 N–H and O–H groups in total. The maximum Gasteiger partial charge on any atom is 0.337 e. The predicted molar refractivity (Wildman–Crippen MR) is 81.2 cm³/mol. The summed E-state index contributed by atoms with van der Waals surface area (Å²) in [5.74, 6) is -0.429. The maximum atomic E-state index is 12.1. The molecule has 0 fully saturated rings. The minimum Gasteiger partial charge on any atom is -0.466 e. The lowest BCUT2D eigenvalue weighted by Gasteiger charge is -2.29. The second-order valence-corrected chi connectivity index (χ2v) is 5.21. The van der Waals surface area contributed by atoms with Crippen LogP contribution in [0.5, 0.6) is 0 Å². The molecule has 110 valence electrons. The summed E-state index contributed by atoms with van der Waals surface area (Å²) in [6, 6.07) is 3.46. The second kappa shape index (κ2) is 5.58. The number of hydrogen-bond donors (Lipinski definition) is 2. The smallest absolute Gasteiger partial charge is 0.337 e. The third kappa shape index (κ3) is 2.50. The van der Waals surface area contributed by atoms with Crippen molar-refractivity contribution in [2.45, 2.75) is 19.9 Å². The zero-order valence-corrected chi connectivity index (χ0v) is 13.1. The van der Waals surface area contributed by atoms with Gasteiger partial charge in [-0.3, -0.25) is 0 Å². The van der Waals surface area contributed by atoms with E-state index in [-0.39, 0.29) is 0 Å². The first-order valence-corrected chi connectivity index (χ1v) is 6.74. The van der Waals surface area contributed by atoms with Crippen molar-refractivity contribution in [3.8, 4) is 6.07 Å². The molecular formula is C14H16N4O2S. The summed E-state index contributed by atoms with van der Waals surface area (Å²) in [7, 11) is 3.15. The number of aromatic nitrogens is 1. The van der Waals surface area contributed by atoms with Gasteiger partial charge in [0, 0.05) is 24.0 Å². The van der Waals surface area contributed by atoms with Gasteiger partial charge in [0.2, 0.25) is 0 Å². The largest absolute Gasteiger partial charge is 0.466 e. The number of nitriles is 1. The van der Waals surface area contributed by atoms with E-state index in [0.717, 1.165) is 11.3 Å². The zero-order valence-electron chi connectivity index (χ0n) is 12.3. The van der Waals surface area contributed by atoms with Crippen molar-refractivity contribution in [3.63, 3.8) is 0 Å². The Morgan fingerprint density at radius 1 is 1.52 bits per heavy atom. The molecular weight excluding hydrogens is 288 g/mol. The van der Waals surface area contributed by atoms with Gasteiger partial charge in [-0.2, -0.15) is 5.26 Å². The molecule has 0 saturated carbocycles. The van der Waals surface area contributed by atoms with Crippen LogP contribution in [0.15, 0.2) is 17.3 Å². The van der Waals surface area contributed by atoms with Crippen molar-refractivity contribution in [1.82, 2.24) is 15.2 Å². The van der Waals surface area contributed by atoms with Crippen LogP contribution >= 0.6 is 12.2 Å². The van der Waals surface area contributed by atoms with Crippen molar-refractivity contribution >= 4 is 23.3 Å². The summed E-state index contributed by atoms with van der Waals surface area (Å²) >= 11 is 5.17. The van der Waals surface area contributed by atoms with Gasteiger partial charge in [-0.15, -0.1) is 0 Å². The molecule has 1 atom stereocenters. The Morgan fingerprint density at radius 3 is 2.71 bits per heavy atom. The SMILES string of the molecule is COC(=O)C1=C(C)NC(=S)N[C@H]1c1cc(C#N)n(C)c1C. The number of nitrogens with zero attached hydrogens (tertiary/aromatic N) is 2. The Kier molecular flexibility index (Phi) is 4.00. The summed E-state index contributed by atoms with van der Waals surface area (Å²) in [4.78, 5) is 12.1. The van der Waals surface area contributed by atoms with Crippen LogP contribution in [0.3, 0.4) is 0 Å². The van der Waals surface area contributed by atoms with Crippen LogP contribution in [0.2, 0.25) is 0 Å². The summed E-state index contributed by atoms with van der Waals surface area (Å²) in [5.41, 5.74) is 3.36. The fraction of sp³-hybridized carbons (Fsp3) is 0.357. The van der Waals surface area contributed by atoms with Crippen LogP contribution in [-0.2, 0) is 16.6 Å². The molecule has 2 heterocycles. The Bertz CT molecular complexity index is 697. The number of allylic oxidation sites excluding steroid dienone is 1. The van der Waals surface area contributed by atoms with Gasteiger partial charge in [0.1, 0.15) is 11.8 Å². The van der Waals surface area contributed by atoms with Gasteiger partial charge in [0.05, 0.1) is 18.7 Å². The van der Waals surface area contributed by atoms with Crippen molar-refractivity contribution in [1.29, 1.82) is 5.26 Å². The van der Waals surface area contributed by atoms with Crippen LogP contribution in [0.25, 0.3) is 0 Å². The molecule has 0 amide bonds. The number of esters is 1. The van der Waals surface area contributed by atoms with Gasteiger partial charge in [0.25, 0.3) is 0 Å². The molecule has 2 rings (SSSR count). The van der Waals surface area contributed by atoms with Crippen molar-refractivity contribution in [2.75, 3.05) is 7.11 Å². The van der Waals surface area contributed by atoms with Gasteiger partial charge < -0.3 is 19.9 Å². The topological polar surface area (TPSA) is 79.1 Å². The van der Waals surface area contributed by atoms with E-state index in [0.29, 0.717) is 22.1 Å². The minimum absolute atomic E-state index is 0.429. The Labute approximate surface area is 128 Å². The highest BCUT2D eigenvalue weighted by atomic mass is 32.1. The molecule has 21 heavy (non-hydrogen) atoms. The van der Waals surface area contributed by atoms with Crippen molar-refractivity contribution in [2.24, 2.45) is 7.05 Å². The predicted octanol–water partition coefficient (Wildman–Crippen LogP) is 1.17. The highest BCUT2D eigenvalue weighted by molar-refractivity contribution is 7.80. The molecule has 1 aliphatic rings. The molecule has 0 radical (unpaired) electrons. The van der Waals surface area contributed by atoms with Gasteiger partial charge >= 0.3 is 5.97 Å². The highest BCUT2D eigenvalue weighted by Crippen LogP contribution is 2.31. The number of methoxy groups -OCH3 is 1. The molecule has 6 nitrogen and oxygen atoms in total. The van der Waals surface area contributed by atoms with Crippen LogP contribution in [-0.4, -0.2) is 22.8 Å². The van der Waals surface area contributed by atoms with Crippen molar-refractivity contribution in [3.05, 3.63) is 34.3 Å². The Hall–Kier alpha value is -2.33. The lowest BCUT2D eigenvalue weighted by molar-refractivity contribution is -0.136. The number of rotatable bonds is 2. The monoisotopic (exact) mass is 304 g/mol. The highest BCUT2D eigenvalue weighted by Gasteiger charge is 2.32. The molecule has 0 bridgehead atoms. The Morgan fingerprint density at radius 2 is 2.19 bits per heavy atom. The molecule has 1 aromatic heterocycles. The summed E-state index contributed by atoms with van der Waals surface area (Å²) in [6.07, 6.45) is 0. The fourth-order valence-electron chi connectivity index (χ4n) is 2.43. The van der Waals surface area contributed by atoms with Crippen LogP contribution in [0, 0.1) is 18.3 Å². The summed E-state index contributed by atoms with van der Waals surface area (Å²) < 4.78 is 6.64. The number of nitrogens with one attached hydrogen (secondary N) is 2. The standard InChI is InChI=1S/C14H16N4O2S/c1-7-11(13(19)20-4)12(17-14(21)16-7)10-5-9(6-15)18(3)8(10)2/h5,12H,1-4H3,(H2,16,17,21)/t12-/m0/s1. The van der Waals surface area contributed by atoms with E-state index in [1.807, 2.05) is 14.0 Å².